The summed E-state index contributed by atoms with van der Waals surface area (Å²) in [7, 11) is -1.68. The van der Waals surface area contributed by atoms with Gasteiger partial charge in [0.2, 0.25) is 0 Å². The summed E-state index contributed by atoms with van der Waals surface area (Å²) in [6.45, 7) is 6.40. The molecule has 4 heteroatoms. The summed E-state index contributed by atoms with van der Waals surface area (Å²) in [5.41, 5.74) is -0.633. The highest BCUT2D eigenvalue weighted by atomic mass is 28.4. The maximum Gasteiger partial charge on any atom is 0.186 e. The number of epoxide rings is 1. The zero-order valence-corrected chi connectivity index (χ0v) is 10.7. The highest BCUT2D eigenvalue weighted by Gasteiger charge is 2.58. The number of nitriles is 1. The van der Waals surface area contributed by atoms with Crippen LogP contribution in [0.25, 0.3) is 0 Å². The smallest absolute Gasteiger partial charge is 0.186 e. The molecule has 0 amide bonds. The molecule has 0 bridgehead atoms. The van der Waals surface area contributed by atoms with E-state index in [1.807, 2.05) is 0 Å². The molecule has 2 rings (SSSR count). The Morgan fingerprint density at radius 2 is 2.13 bits per heavy atom. The zero-order chi connectivity index (χ0) is 11.1. The van der Waals surface area contributed by atoms with Gasteiger partial charge in [-0.1, -0.05) is 6.42 Å². The van der Waals surface area contributed by atoms with Crippen molar-refractivity contribution in [2.45, 2.75) is 63.1 Å². The summed E-state index contributed by atoms with van der Waals surface area (Å²) in [4.78, 5) is 0. The molecule has 15 heavy (non-hydrogen) atoms. The second-order valence-corrected chi connectivity index (χ2v) is 9.99. The van der Waals surface area contributed by atoms with Crippen molar-refractivity contribution >= 4 is 8.32 Å². The Labute approximate surface area is 92.5 Å². The number of nitrogens with zero attached hydrogens (tertiary/aromatic N) is 1. The molecule has 1 saturated heterocycles. The third-order valence-corrected chi connectivity index (χ3v) is 3.98. The minimum atomic E-state index is -1.68. The van der Waals surface area contributed by atoms with Gasteiger partial charge in [-0.15, -0.1) is 0 Å². The molecule has 0 aromatic carbocycles. The van der Waals surface area contributed by atoms with Gasteiger partial charge in [0, 0.05) is 0 Å². The van der Waals surface area contributed by atoms with E-state index in [2.05, 4.69) is 25.7 Å². The van der Waals surface area contributed by atoms with Crippen LogP contribution in [0.1, 0.15) is 25.7 Å². The lowest BCUT2D eigenvalue weighted by atomic mass is 9.96. The normalized spacial score (nSPS) is 40.1. The Balaban J connectivity index is 2.16. The molecule has 1 aliphatic carbocycles. The minimum absolute atomic E-state index is 0.0525. The van der Waals surface area contributed by atoms with Crippen LogP contribution < -0.4 is 0 Å². The van der Waals surface area contributed by atoms with Gasteiger partial charge in [0.15, 0.2) is 13.9 Å². The molecular formula is C11H19NO2Si. The van der Waals surface area contributed by atoms with Crippen LogP contribution in [0.4, 0.5) is 0 Å². The molecular weight excluding hydrogens is 206 g/mol. The van der Waals surface area contributed by atoms with Gasteiger partial charge in [-0.25, -0.2) is 0 Å². The predicted molar refractivity (Wildman–Crippen MR) is 59.9 cm³/mol. The van der Waals surface area contributed by atoms with Crippen LogP contribution in [-0.2, 0) is 9.16 Å². The van der Waals surface area contributed by atoms with Crippen molar-refractivity contribution in [1.29, 1.82) is 5.26 Å². The molecule has 3 nitrogen and oxygen atoms in total. The predicted octanol–water partition coefficient (Wildman–Crippen LogP) is 2.44. The maximum absolute atomic E-state index is 9.39. The summed E-state index contributed by atoms with van der Waals surface area (Å²) in [6, 6.07) is 2.39. The molecule has 0 aromatic rings. The molecule has 0 aromatic heterocycles. The van der Waals surface area contributed by atoms with Crippen LogP contribution in [0.15, 0.2) is 0 Å². The number of ether oxygens (including phenoxy) is 1. The number of hydrogen-bond donors (Lipinski definition) is 0. The van der Waals surface area contributed by atoms with Crippen LogP contribution in [0.5, 0.6) is 0 Å². The van der Waals surface area contributed by atoms with Crippen molar-refractivity contribution in [2.75, 3.05) is 0 Å². The van der Waals surface area contributed by atoms with E-state index in [1.165, 1.54) is 6.42 Å². The SMILES string of the molecule is C[Si](C)(C)O[C@@]1(C#N)CCCC[C@@H]2O[C@@H]21. The second kappa shape index (κ2) is 3.58. The third kappa shape index (κ3) is 2.25. The summed E-state index contributed by atoms with van der Waals surface area (Å²) >= 11 is 0. The van der Waals surface area contributed by atoms with Crippen LogP contribution in [0.2, 0.25) is 19.6 Å². The first kappa shape index (κ1) is 11.1. The highest BCUT2D eigenvalue weighted by Crippen LogP contribution is 2.44. The minimum Gasteiger partial charge on any atom is -0.398 e. The van der Waals surface area contributed by atoms with Crippen LogP contribution >= 0.6 is 0 Å². The fourth-order valence-corrected chi connectivity index (χ4v) is 3.80. The molecule has 0 spiro atoms. The standard InChI is InChI=1S/C11H19NO2Si/c1-15(2,3)14-11(8-12)7-5-4-6-9-10(11)13-9/h9-10H,4-7H2,1-3H3/t9-,10-,11+/m0/s1. The van der Waals surface area contributed by atoms with Crippen molar-refractivity contribution in [3.63, 3.8) is 0 Å². The fraction of sp³-hybridized carbons (Fsp3) is 0.909. The van der Waals surface area contributed by atoms with E-state index in [0.29, 0.717) is 6.10 Å². The third-order valence-electron chi connectivity index (χ3n) is 3.01. The molecule has 0 unspecified atom stereocenters. The second-order valence-electron chi connectivity index (χ2n) is 5.56. The van der Waals surface area contributed by atoms with Crippen LogP contribution in [0, 0.1) is 11.3 Å². The van der Waals surface area contributed by atoms with Crippen molar-refractivity contribution in [3.05, 3.63) is 0 Å². The van der Waals surface area contributed by atoms with Gasteiger partial charge in [0.05, 0.1) is 12.2 Å². The summed E-state index contributed by atoms with van der Waals surface area (Å²) < 4.78 is 11.7. The number of rotatable bonds is 2. The van der Waals surface area contributed by atoms with Gasteiger partial charge in [0.25, 0.3) is 0 Å². The summed E-state index contributed by atoms with van der Waals surface area (Å²) in [5, 5.41) is 9.39. The first-order valence-corrected chi connectivity index (χ1v) is 9.15. The van der Waals surface area contributed by atoms with E-state index in [4.69, 9.17) is 9.16 Å². The zero-order valence-electron chi connectivity index (χ0n) is 9.75. The Bertz CT molecular complexity index is 294. The topological polar surface area (TPSA) is 45.5 Å². The summed E-state index contributed by atoms with van der Waals surface area (Å²) in [6.07, 6.45) is 4.55. The molecule has 0 radical (unpaired) electrons. The van der Waals surface area contributed by atoms with Crippen LogP contribution in [0.3, 0.4) is 0 Å². The molecule has 0 N–H and O–H groups in total. The lowest BCUT2D eigenvalue weighted by molar-refractivity contribution is 0.0726. The average molecular weight is 225 g/mol. The van der Waals surface area contributed by atoms with Crippen molar-refractivity contribution in [1.82, 2.24) is 0 Å². The Kier molecular flexibility index (Phi) is 2.66. The Hall–Kier alpha value is -0.373. The number of hydrogen-bond acceptors (Lipinski definition) is 3. The Morgan fingerprint density at radius 3 is 2.73 bits per heavy atom. The Morgan fingerprint density at radius 1 is 1.40 bits per heavy atom. The molecule has 1 aliphatic heterocycles. The first-order valence-electron chi connectivity index (χ1n) is 5.74. The fourth-order valence-electron chi connectivity index (χ4n) is 2.45. The van der Waals surface area contributed by atoms with Gasteiger partial charge in [-0.2, -0.15) is 5.26 Å². The number of fused-ring (bicyclic) bond motifs is 1. The monoisotopic (exact) mass is 225 g/mol. The van der Waals surface area contributed by atoms with E-state index < -0.39 is 13.9 Å². The first-order chi connectivity index (χ1) is 6.97. The lowest BCUT2D eigenvalue weighted by Crippen LogP contribution is -2.46. The maximum atomic E-state index is 9.39. The van der Waals surface area contributed by atoms with E-state index in [9.17, 15) is 5.26 Å². The quantitative estimate of drug-likeness (QED) is 0.535. The largest absolute Gasteiger partial charge is 0.398 e. The lowest BCUT2D eigenvalue weighted by Gasteiger charge is -2.32. The van der Waals surface area contributed by atoms with Crippen molar-refractivity contribution in [2.24, 2.45) is 0 Å². The molecule has 1 heterocycles. The van der Waals surface area contributed by atoms with Gasteiger partial charge < -0.3 is 9.16 Å². The van der Waals surface area contributed by atoms with E-state index in [-0.39, 0.29) is 6.10 Å². The molecule has 3 atom stereocenters. The summed E-state index contributed by atoms with van der Waals surface area (Å²) in [5.74, 6) is 0. The van der Waals surface area contributed by atoms with E-state index in [0.717, 1.165) is 19.3 Å². The van der Waals surface area contributed by atoms with Crippen molar-refractivity contribution in [3.8, 4) is 6.07 Å². The molecule has 84 valence electrons. The molecule has 2 aliphatic rings. The van der Waals surface area contributed by atoms with Gasteiger partial charge in [-0.3, -0.25) is 0 Å². The highest BCUT2D eigenvalue weighted by molar-refractivity contribution is 6.69. The van der Waals surface area contributed by atoms with Crippen LogP contribution in [-0.4, -0.2) is 26.1 Å². The molecule has 1 saturated carbocycles. The van der Waals surface area contributed by atoms with Crippen molar-refractivity contribution < 1.29 is 9.16 Å². The van der Waals surface area contributed by atoms with Gasteiger partial charge in [-0.05, 0) is 38.9 Å². The van der Waals surface area contributed by atoms with Gasteiger partial charge in [0.1, 0.15) is 6.10 Å². The molecule has 2 fully saturated rings. The van der Waals surface area contributed by atoms with Gasteiger partial charge >= 0.3 is 0 Å². The average Bonchev–Trinajstić information content (AvgIpc) is 2.86. The van der Waals surface area contributed by atoms with E-state index >= 15 is 0 Å². The van der Waals surface area contributed by atoms with E-state index in [1.54, 1.807) is 0 Å².